The van der Waals surface area contributed by atoms with E-state index < -0.39 is 0 Å². The summed E-state index contributed by atoms with van der Waals surface area (Å²) in [6.07, 6.45) is 3.25. The maximum Gasteiger partial charge on any atom is 0.162 e. The van der Waals surface area contributed by atoms with Crippen LogP contribution in [0.2, 0.25) is 0 Å². The molecule has 0 saturated heterocycles. The number of rotatable bonds is 1. The third-order valence-electron chi connectivity index (χ3n) is 2.31. The summed E-state index contributed by atoms with van der Waals surface area (Å²) in [6.45, 7) is 3.78. The number of hydrogen-bond acceptors (Lipinski definition) is 2. The first-order chi connectivity index (χ1) is 5.65. The van der Waals surface area contributed by atoms with E-state index in [1.54, 1.807) is 0 Å². The van der Waals surface area contributed by atoms with E-state index in [-0.39, 0.29) is 12.4 Å². The summed E-state index contributed by atoms with van der Waals surface area (Å²) in [6, 6.07) is 0. The van der Waals surface area contributed by atoms with Crippen molar-refractivity contribution in [1.29, 1.82) is 0 Å². The highest BCUT2D eigenvalue weighted by Crippen LogP contribution is 2.22. The average molecular weight is 166 g/mol. The number of carbonyl (C=O) groups excluding carboxylic acids is 1. The minimum Gasteiger partial charge on any atom is -0.392 e. The van der Waals surface area contributed by atoms with Gasteiger partial charge in [0.25, 0.3) is 0 Å². The lowest BCUT2D eigenvalue weighted by molar-refractivity contribution is -0.115. The number of Topliss-reactive ketones (excluding diaryl/α,β-unsaturated/α-hetero) is 1. The van der Waals surface area contributed by atoms with Crippen LogP contribution in [0.15, 0.2) is 22.8 Å². The summed E-state index contributed by atoms with van der Waals surface area (Å²) < 4.78 is 0. The first kappa shape index (κ1) is 9.20. The van der Waals surface area contributed by atoms with E-state index >= 15 is 0 Å². The molecule has 0 aromatic carbocycles. The van der Waals surface area contributed by atoms with Crippen molar-refractivity contribution in [1.82, 2.24) is 0 Å². The van der Waals surface area contributed by atoms with Gasteiger partial charge >= 0.3 is 0 Å². The second-order valence-corrected chi connectivity index (χ2v) is 3.23. The molecule has 2 nitrogen and oxygen atoms in total. The van der Waals surface area contributed by atoms with E-state index in [1.807, 2.05) is 19.9 Å². The molecule has 0 unspecified atom stereocenters. The van der Waals surface area contributed by atoms with Crippen LogP contribution in [0.5, 0.6) is 0 Å². The summed E-state index contributed by atoms with van der Waals surface area (Å²) in [4.78, 5) is 11.2. The molecule has 1 aliphatic rings. The smallest absolute Gasteiger partial charge is 0.162 e. The van der Waals surface area contributed by atoms with E-state index in [9.17, 15) is 4.79 Å². The van der Waals surface area contributed by atoms with Gasteiger partial charge in [0.15, 0.2) is 5.78 Å². The number of carbonyl (C=O) groups is 1. The predicted molar refractivity (Wildman–Crippen MR) is 47.8 cm³/mol. The second kappa shape index (κ2) is 3.68. The van der Waals surface area contributed by atoms with Crippen LogP contribution in [0.3, 0.4) is 0 Å². The first-order valence-electron chi connectivity index (χ1n) is 4.13. The zero-order valence-electron chi connectivity index (χ0n) is 7.55. The standard InChI is InChI=1S/C10H14O2/c1-7-3-4-9(5-10(7)12)8(2)6-11/h3,11H,4-6H2,1-2H3/b9-8-. The summed E-state index contributed by atoms with van der Waals surface area (Å²) in [5.41, 5.74) is 2.87. The molecule has 0 heterocycles. The lowest BCUT2D eigenvalue weighted by atomic mass is 9.91. The Bertz CT molecular complexity index is 259. The molecule has 66 valence electrons. The molecule has 0 amide bonds. The van der Waals surface area contributed by atoms with Gasteiger partial charge in [-0.25, -0.2) is 0 Å². The average Bonchev–Trinajstić information content (AvgIpc) is 2.08. The molecule has 0 aliphatic heterocycles. The lowest BCUT2D eigenvalue weighted by Crippen LogP contribution is -2.08. The van der Waals surface area contributed by atoms with Gasteiger partial charge in [-0.3, -0.25) is 4.79 Å². The molecule has 0 spiro atoms. The van der Waals surface area contributed by atoms with E-state index in [2.05, 4.69) is 0 Å². The van der Waals surface area contributed by atoms with Crippen molar-refractivity contribution in [2.24, 2.45) is 0 Å². The summed E-state index contributed by atoms with van der Waals surface area (Å²) in [5.74, 6) is 0.184. The molecule has 1 N–H and O–H groups in total. The minimum atomic E-state index is 0.0650. The van der Waals surface area contributed by atoms with Gasteiger partial charge in [0.2, 0.25) is 0 Å². The van der Waals surface area contributed by atoms with Crippen molar-refractivity contribution in [3.63, 3.8) is 0 Å². The van der Waals surface area contributed by atoms with Gasteiger partial charge in [-0.2, -0.15) is 0 Å². The molecular weight excluding hydrogens is 152 g/mol. The van der Waals surface area contributed by atoms with Crippen LogP contribution in [-0.2, 0) is 4.79 Å². The molecule has 0 aromatic heterocycles. The zero-order valence-corrected chi connectivity index (χ0v) is 7.55. The van der Waals surface area contributed by atoms with Crippen molar-refractivity contribution in [2.75, 3.05) is 6.61 Å². The Morgan fingerprint density at radius 1 is 1.67 bits per heavy atom. The van der Waals surface area contributed by atoms with E-state index in [4.69, 9.17) is 5.11 Å². The molecule has 0 radical (unpaired) electrons. The molecule has 0 aromatic rings. The van der Waals surface area contributed by atoms with Gasteiger partial charge in [0.05, 0.1) is 6.61 Å². The van der Waals surface area contributed by atoms with E-state index in [0.29, 0.717) is 6.42 Å². The Hall–Kier alpha value is -0.890. The fraction of sp³-hybridized carbons (Fsp3) is 0.500. The normalized spacial score (nSPS) is 22.2. The topological polar surface area (TPSA) is 37.3 Å². The van der Waals surface area contributed by atoms with Crippen LogP contribution < -0.4 is 0 Å². The number of allylic oxidation sites excluding steroid dienone is 3. The SMILES string of the molecule is CC1=CC/C(=C(\C)CO)CC1=O. The zero-order chi connectivity index (χ0) is 9.14. The van der Waals surface area contributed by atoms with Crippen molar-refractivity contribution in [2.45, 2.75) is 26.7 Å². The van der Waals surface area contributed by atoms with Gasteiger partial charge in [0.1, 0.15) is 0 Å². The monoisotopic (exact) mass is 166 g/mol. The third-order valence-corrected chi connectivity index (χ3v) is 2.31. The van der Waals surface area contributed by atoms with E-state index in [1.165, 1.54) is 0 Å². The number of hydrogen-bond donors (Lipinski definition) is 1. The summed E-state index contributed by atoms with van der Waals surface area (Å²) in [5, 5.41) is 8.85. The molecule has 1 aliphatic carbocycles. The Kier molecular flexibility index (Phi) is 2.82. The Labute approximate surface area is 72.6 Å². The van der Waals surface area contributed by atoms with Crippen molar-refractivity contribution in [3.05, 3.63) is 22.8 Å². The Balaban J connectivity index is 2.84. The number of aliphatic hydroxyl groups is 1. The van der Waals surface area contributed by atoms with Gasteiger partial charge in [-0.15, -0.1) is 0 Å². The van der Waals surface area contributed by atoms with Crippen molar-refractivity contribution in [3.8, 4) is 0 Å². The maximum absolute atomic E-state index is 11.2. The fourth-order valence-corrected chi connectivity index (χ4v) is 1.23. The van der Waals surface area contributed by atoms with Crippen LogP contribution in [0.4, 0.5) is 0 Å². The van der Waals surface area contributed by atoms with Crippen LogP contribution in [0.1, 0.15) is 26.7 Å². The molecule has 0 fully saturated rings. The molecule has 0 bridgehead atoms. The second-order valence-electron chi connectivity index (χ2n) is 3.23. The highest BCUT2D eigenvalue weighted by Gasteiger charge is 2.14. The quantitative estimate of drug-likeness (QED) is 0.601. The largest absolute Gasteiger partial charge is 0.392 e. The van der Waals surface area contributed by atoms with Crippen LogP contribution >= 0.6 is 0 Å². The van der Waals surface area contributed by atoms with Crippen molar-refractivity contribution < 1.29 is 9.90 Å². The molecule has 2 heteroatoms. The van der Waals surface area contributed by atoms with Gasteiger partial charge in [0, 0.05) is 6.42 Å². The van der Waals surface area contributed by atoms with Gasteiger partial charge < -0.3 is 5.11 Å². The van der Waals surface area contributed by atoms with Gasteiger partial charge in [-0.05, 0) is 31.4 Å². The predicted octanol–water partition coefficient (Wildman–Crippen LogP) is 1.60. The van der Waals surface area contributed by atoms with Crippen LogP contribution in [0.25, 0.3) is 0 Å². The molecular formula is C10H14O2. The van der Waals surface area contributed by atoms with Crippen LogP contribution in [-0.4, -0.2) is 17.5 Å². The fourth-order valence-electron chi connectivity index (χ4n) is 1.23. The number of ketones is 1. The minimum absolute atomic E-state index is 0.0650. The van der Waals surface area contributed by atoms with Crippen LogP contribution in [0, 0.1) is 0 Å². The third kappa shape index (κ3) is 1.83. The summed E-state index contributed by atoms with van der Waals surface area (Å²) >= 11 is 0. The van der Waals surface area contributed by atoms with Gasteiger partial charge in [-0.1, -0.05) is 11.6 Å². The Morgan fingerprint density at radius 2 is 2.33 bits per heavy atom. The highest BCUT2D eigenvalue weighted by molar-refractivity contribution is 5.97. The summed E-state index contributed by atoms with van der Waals surface area (Å²) in [7, 11) is 0. The molecule has 1 rings (SSSR count). The molecule has 0 atom stereocenters. The van der Waals surface area contributed by atoms with E-state index in [0.717, 1.165) is 23.1 Å². The first-order valence-corrected chi connectivity index (χ1v) is 4.13. The molecule has 0 saturated carbocycles. The number of aliphatic hydroxyl groups excluding tert-OH is 1. The lowest BCUT2D eigenvalue weighted by Gasteiger charge is -2.13. The Morgan fingerprint density at radius 3 is 2.83 bits per heavy atom. The van der Waals surface area contributed by atoms with Crippen molar-refractivity contribution >= 4 is 5.78 Å². The maximum atomic E-state index is 11.2. The highest BCUT2D eigenvalue weighted by atomic mass is 16.3. The molecule has 12 heavy (non-hydrogen) atoms.